The molecule has 16 heavy (non-hydrogen) atoms. The van der Waals surface area contributed by atoms with Crippen molar-refractivity contribution in [1.82, 2.24) is 14.9 Å². The first kappa shape index (κ1) is 11.8. The first-order valence-corrected chi connectivity index (χ1v) is 5.97. The Morgan fingerprint density at radius 1 is 1.56 bits per heavy atom. The third kappa shape index (κ3) is 2.90. The van der Waals surface area contributed by atoms with Crippen LogP contribution in [0.5, 0.6) is 0 Å². The van der Waals surface area contributed by atoms with Gasteiger partial charge in [-0.3, -0.25) is 9.88 Å². The Hall–Kier alpha value is -0.710. The van der Waals surface area contributed by atoms with E-state index in [0.717, 1.165) is 25.3 Å². The Labute approximate surface area is 101 Å². The van der Waals surface area contributed by atoms with Crippen molar-refractivity contribution >= 4 is 11.6 Å². The molecule has 1 aliphatic rings. The highest BCUT2D eigenvalue weighted by Crippen LogP contribution is 2.20. The fraction of sp³-hybridized carbons (Fsp3) is 0.636. The van der Waals surface area contributed by atoms with Crippen molar-refractivity contribution < 1.29 is 0 Å². The van der Waals surface area contributed by atoms with Gasteiger partial charge in [-0.05, 0) is 25.8 Å². The maximum absolute atomic E-state index is 5.90. The van der Waals surface area contributed by atoms with E-state index in [4.69, 9.17) is 17.3 Å². The lowest BCUT2D eigenvalue weighted by Crippen LogP contribution is -2.29. The highest BCUT2D eigenvalue weighted by molar-refractivity contribution is 6.29. The molecule has 4 nitrogen and oxygen atoms in total. The SMILES string of the molecule is CC(N)C1CCN(Cc2cnc(Cl)cn2)C1. The molecular formula is C11H17ClN4. The standard InChI is InChI=1S/C11H17ClN4/c1-8(13)9-2-3-16(6-9)7-10-4-15-11(12)5-14-10/h4-5,8-9H,2-3,6-7,13H2,1H3. The zero-order valence-corrected chi connectivity index (χ0v) is 10.2. The molecule has 0 aliphatic carbocycles. The summed E-state index contributed by atoms with van der Waals surface area (Å²) in [6, 6.07) is 0.279. The summed E-state index contributed by atoms with van der Waals surface area (Å²) in [6.07, 6.45) is 4.51. The Morgan fingerprint density at radius 2 is 2.38 bits per heavy atom. The van der Waals surface area contributed by atoms with Crippen molar-refractivity contribution in [2.24, 2.45) is 11.7 Å². The molecule has 2 heterocycles. The van der Waals surface area contributed by atoms with E-state index in [-0.39, 0.29) is 6.04 Å². The number of rotatable bonds is 3. The van der Waals surface area contributed by atoms with E-state index in [1.165, 1.54) is 6.42 Å². The molecule has 88 valence electrons. The van der Waals surface area contributed by atoms with Gasteiger partial charge in [0, 0.05) is 19.1 Å². The van der Waals surface area contributed by atoms with Gasteiger partial charge in [-0.15, -0.1) is 0 Å². The molecule has 2 unspecified atom stereocenters. The van der Waals surface area contributed by atoms with Crippen LogP contribution in [0.2, 0.25) is 5.15 Å². The number of nitrogens with zero attached hydrogens (tertiary/aromatic N) is 3. The van der Waals surface area contributed by atoms with Gasteiger partial charge in [0.1, 0.15) is 5.15 Å². The van der Waals surface area contributed by atoms with Crippen LogP contribution in [0.15, 0.2) is 12.4 Å². The molecular weight excluding hydrogens is 224 g/mol. The Bertz CT molecular complexity index is 338. The van der Waals surface area contributed by atoms with Crippen LogP contribution in [0, 0.1) is 5.92 Å². The molecule has 0 bridgehead atoms. The predicted octanol–water partition coefficient (Wildman–Crippen LogP) is 1.30. The quantitative estimate of drug-likeness (QED) is 0.866. The molecule has 2 N–H and O–H groups in total. The number of halogens is 1. The van der Waals surface area contributed by atoms with E-state index in [9.17, 15) is 0 Å². The van der Waals surface area contributed by atoms with Crippen molar-refractivity contribution in [2.75, 3.05) is 13.1 Å². The van der Waals surface area contributed by atoms with Gasteiger partial charge in [0.25, 0.3) is 0 Å². The zero-order valence-electron chi connectivity index (χ0n) is 9.43. The van der Waals surface area contributed by atoms with Gasteiger partial charge in [-0.2, -0.15) is 0 Å². The number of likely N-dealkylation sites (tertiary alicyclic amines) is 1. The summed E-state index contributed by atoms with van der Waals surface area (Å²) in [5, 5.41) is 0.443. The monoisotopic (exact) mass is 240 g/mol. The van der Waals surface area contributed by atoms with Crippen LogP contribution < -0.4 is 5.73 Å². The van der Waals surface area contributed by atoms with Crippen LogP contribution in [0.3, 0.4) is 0 Å². The van der Waals surface area contributed by atoms with Gasteiger partial charge in [0.15, 0.2) is 0 Å². The van der Waals surface area contributed by atoms with E-state index in [0.29, 0.717) is 11.1 Å². The maximum atomic E-state index is 5.90. The second-order valence-electron chi connectivity index (χ2n) is 4.47. The predicted molar refractivity (Wildman–Crippen MR) is 64.1 cm³/mol. The first-order chi connectivity index (χ1) is 7.65. The normalized spacial score (nSPS) is 23.6. The lowest BCUT2D eigenvalue weighted by molar-refractivity contribution is 0.304. The number of nitrogens with two attached hydrogens (primary N) is 1. The molecule has 1 aromatic rings. The fourth-order valence-electron chi connectivity index (χ4n) is 2.09. The average molecular weight is 241 g/mol. The van der Waals surface area contributed by atoms with Gasteiger partial charge >= 0.3 is 0 Å². The van der Waals surface area contributed by atoms with Crippen molar-refractivity contribution in [3.8, 4) is 0 Å². The molecule has 0 saturated carbocycles. The second-order valence-corrected chi connectivity index (χ2v) is 4.86. The summed E-state index contributed by atoms with van der Waals surface area (Å²) in [6.45, 7) is 5.07. The maximum Gasteiger partial charge on any atom is 0.147 e. The average Bonchev–Trinajstić information content (AvgIpc) is 2.70. The zero-order chi connectivity index (χ0) is 11.5. The van der Waals surface area contributed by atoms with Gasteiger partial charge < -0.3 is 5.73 Å². The summed E-state index contributed by atoms with van der Waals surface area (Å²) in [4.78, 5) is 10.6. The summed E-state index contributed by atoms with van der Waals surface area (Å²) >= 11 is 5.69. The topological polar surface area (TPSA) is 55.0 Å². The second kappa shape index (κ2) is 5.08. The fourth-order valence-corrected chi connectivity index (χ4v) is 2.18. The summed E-state index contributed by atoms with van der Waals surface area (Å²) in [7, 11) is 0. The number of hydrogen-bond donors (Lipinski definition) is 1. The molecule has 1 fully saturated rings. The van der Waals surface area contributed by atoms with Gasteiger partial charge in [-0.25, -0.2) is 4.98 Å². The largest absolute Gasteiger partial charge is 0.328 e. The minimum atomic E-state index is 0.279. The lowest BCUT2D eigenvalue weighted by atomic mass is 10.0. The van der Waals surface area contributed by atoms with Crippen LogP contribution in [0.1, 0.15) is 19.0 Å². The van der Waals surface area contributed by atoms with Crippen molar-refractivity contribution in [3.63, 3.8) is 0 Å². The third-order valence-corrected chi connectivity index (χ3v) is 3.31. The lowest BCUT2D eigenvalue weighted by Gasteiger charge is -2.17. The Balaban J connectivity index is 1.89. The summed E-state index contributed by atoms with van der Waals surface area (Å²) in [5.41, 5.74) is 6.87. The van der Waals surface area contributed by atoms with Crippen molar-refractivity contribution in [3.05, 3.63) is 23.2 Å². The minimum absolute atomic E-state index is 0.279. The third-order valence-electron chi connectivity index (χ3n) is 3.11. The van der Waals surface area contributed by atoms with Gasteiger partial charge in [0.05, 0.1) is 18.1 Å². The van der Waals surface area contributed by atoms with Crippen LogP contribution in [-0.2, 0) is 6.54 Å². The first-order valence-electron chi connectivity index (χ1n) is 5.59. The van der Waals surface area contributed by atoms with Crippen LogP contribution in [0.4, 0.5) is 0 Å². The molecule has 0 amide bonds. The smallest absolute Gasteiger partial charge is 0.147 e. The molecule has 2 atom stereocenters. The highest BCUT2D eigenvalue weighted by atomic mass is 35.5. The van der Waals surface area contributed by atoms with E-state index in [2.05, 4.69) is 21.8 Å². The molecule has 0 spiro atoms. The molecule has 2 rings (SSSR count). The van der Waals surface area contributed by atoms with E-state index >= 15 is 0 Å². The van der Waals surface area contributed by atoms with Crippen LogP contribution in [0.25, 0.3) is 0 Å². The van der Waals surface area contributed by atoms with E-state index in [1.54, 1.807) is 12.4 Å². The highest BCUT2D eigenvalue weighted by Gasteiger charge is 2.25. The number of aromatic nitrogens is 2. The van der Waals surface area contributed by atoms with Crippen LogP contribution in [-0.4, -0.2) is 34.0 Å². The summed E-state index contributed by atoms with van der Waals surface area (Å²) in [5.74, 6) is 0.611. The van der Waals surface area contributed by atoms with E-state index < -0.39 is 0 Å². The van der Waals surface area contributed by atoms with Gasteiger partial charge in [0.2, 0.25) is 0 Å². The molecule has 5 heteroatoms. The molecule has 0 radical (unpaired) electrons. The van der Waals surface area contributed by atoms with E-state index in [1.807, 2.05) is 0 Å². The minimum Gasteiger partial charge on any atom is -0.328 e. The molecule has 1 saturated heterocycles. The molecule has 1 aliphatic heterocycles. The number of hydrogen-bond acceptors (Lipinski definition) is 4. The van der Waals surface area contributed by atoms with Gasteiger partial charge in [-0.1, -0.05) is 11.6 Å². The Morgan fingerprint density at radius 3 is 2.94 bits per heavy atom. The van der Waals surface area contributed by atoms with Crippen LogP contribution >= 0.6 is 11.6 Å². The van der Waals surface area contributed by atoms with Crippen molar-refractivity contribution in [1.29, 1.82) is 0 Å². The van der Waals surface area contributed by atoms with Crippen molar-refractivity contribution in [2.45, 2.75) is 25.9 Å². The Kier molecular flexibility index (Phi) is 3.74. The molecule has 0 aromatic carbocycles. The molecule has 1 aromatic heterocycles. The summed E-state index contributed by atoms with van der Waals surface area (Å²) < 4.78 is 0.